The van der Waals surface area contributed by atoms with E-state index in [1.807, 2.05) is 13.8 Å². The lowest BCUT2D eigenvalue weighted by Gasteiger charge is -2.60. The van der Waals surface area contributed by atoms with E-state index in [4.69, 9.17) is 15.0 Å². The van der Waals surface area contributed by atoms with Gasteiger partial charge in [0.15, 0.2) is 6.33 Å². The van der Waals surface area contributed by atoms with Gasteiger partial charge in [-0.3, -0.25) is 4.79 Å². The number of aromatic nitrogens is 2. The summed E-state index contributed by atoms with van der Waals surface area (Å²) < 4.78 is 10.6. The molecule has 1 saturated heterocycles. The van der Waals surface area contributed by atoms with E-state index in [0.29, 0.717) is 25.5 Å². The maximum Gasteiger partial charge on any atom is 0.241 e. The highest BCUT2D eigenvalue weighted by atomic mass is 16.5. The fourth-order valence-electron chi connectivity index (χ4n) is 3.58. The standard InChI is InChI=1S/C13H20N4O3/c1-12(2)10-8(4-6-19-10)13(12,14)11(18)15-5-3-9-16-7-17-20-9/h7-8,10H,3-6,14H2,1-2H3,(H,15,18). The Bertz CT molecular complexity index is 502. The number of hydrogen-bond donors (Lipinski definition) is 2. The Labute approximate surface area is 117 Å². The minimum atomic E-state index is -0.858. The van der Waals surface area contributed by atoms with Crippen molar-refractivity contribution >= 4 is 5.91 Å². The van der Waals surface area contributed by atoms with Gasteiger partial charge in [-0.1, -0.05) is 19.0 Å². The third-order valence-electron chi connectivity index (χ3n) is 4.86. The minimum Gasteiger partial charge on any atom is -0.377 e. The van der Waals surface area contributed by atoms with Gasteiger partial charge < -0.3 is 20.3 Å². The van der Waals surface area contributed by atoms with Crippen molar-refractivity contribution in [1.82, 2.24) is 15.5 Å². The van der Waals surface area contributed by atoms with Gasteiger partial charge in [-0.05, 0) is 6.42 Å². The molecule has 0 aromatic carbocycles. The van der Waals surface area contributed by atoms with E-state index in [0.717, 1.165) is 6.42 Å². The van der Waals surface area contributed by atoms with Crippen LogP contribution < -0.4 is 11.1 Å². The Kier molecular flexibility index (Phi) is 3.06. The molecule has 2 heterocycles. The van der Waals surface area contributed by atoms with E-state index < -0.39 is 5.54 Å². The molecule has 2 fully saturated rings. The van der Waals surface area contributed by atoms with Crippen molar-refractivity contribution in [3.05, 3.63) is 12.2 Å². The molecule has 3 N–H and O–H groups in total. The molecule has 3 rings (SSSR count). The summed E-state index contributed by atoms with van der Waals surface area (Å²) >= 11 is 0. The second-order valence-electron chi connectivity index (χ2n) is 6.12. The van der Waals surface area contributed by atoms with Crippen LogP contribution in [0.5, 0.6) is 0 Å². The fraction of sp³-hybridized carbons (Fsp3) is 0.769. The molecule has 1 amide bonds. The summed E-state index contributed by atoms with van der Waals surface area (Å²) in [5.74, 6) is 0.501. The first-order chi connectivity index (χ1) is 9.48. The zero-order chi connectivity index (χ0) is 14.4. The molecule has 7 nitrogen and oxygen atoms in total. The number of carbonyl (C=O) groups excluding carboxylic acids is 1. The SMILES string of the molecule is CC1(C)C2OCCC2C1(N)C(=O)NCCc1ncno1. The normalized spacial score (nSPS) is 34.4. The van der Waals surface area contributed by atoms with Crippen LogP contribution in [0.15, 0.2) is 10.9 Å². The van der Waals surface area contributed by atoms with Crippen LogP contribution in [0.3, 0.4) is 0 Å². The number of nitrogens with two attached hydrogens (primary N) is 1. The number of nitrogens with zero attached hydrogens (tertiary/aromatic N) is 2. The monoisotopic (exact) mass is 280 g/mol. The van der Waals surface area contributed by atoms with Crippen molar-refractivity contribution in [1.29, 1.82) is 0 Å². The zero-order valence-electron chi connectivity index (χ0n) is 11.8. The van der Waals surface area contributed by atoms with Crippen molar-refractivity contribution in [3.63, 3.8) is 0 Å². The molecule has 0 radical (unpaired) electrons. The first-order valence-corrected chi connectivity index (χ1v) is 6.92. The molecule has 0 bridgehead atoms. The van der Waals surface area contributed by atoms with Crippen LogP contribution in [0.4, 0.5) is 0 Å². The number of hydrogen-bond acceptors (Lipinski definition) is 6. The van der Waals surface area contributed by atoms with Gasteiger partial charge in [-0.15, -0.1) is 0 Å². The minimum absolute atomic E-state index is 0.0918. The van der Waals surface area contributed by atoms with E-state index in [1.54, 1.807) is 0 Å². The Morgan fingerprint density at radius 1 is 1.60 bits per heavy atom. The summed E-state index contributed by atoms with van der Waals surface area (Å²) in [6, 6.07) is 0. The van der Waals surface area contributed by atoms with Crippen molar-refractivity contribution in [2.75, 3.05) is 13.2 Å². The Morgan fingerprint density at radius 3 is 3.10 bits per heavy atom. The summed E-state index contributed by atoms with van der Waals surface area (Å²) in [5.41, 5.74) is 5.22. The number of amides is 1. The van der Waals surface area contributed by atoms with Gasteiger partial charge in [-0.25, -0.2) is 0 Å². The van der Waals surface area contributed by atoms with Gasteiger partial charge in [0.1, 0.15) is 5.54 Å². The molecule has 3 unspecified atom stereocenters. The molecule has 20 heavy (non-hydrogen) atoms. The molecule has 0 spiro atoms. The lowest BCUT2D eigenvalue weighted by molar-refractivity contribution is -0.175. The largest absolute Gasteiger partial charge is 0.377 e. The van der Waals surface area contributed by atoms with E-state index in [1.165, 1.54) is 6.33 Å². The van der Waals surface area contributed by atoms with Gasteiger partial charge in [0, 0.05) is 30.9 Å². The van der Waals surface area contributed by atoms with Crippen LogP contribution in [0, 0.1) is 11.3 Å². The van der Waals surface area contributed by atoms with E-state index in [-0.39, 0.29) is 23.3 Å². The highest BCUT2D eigenvalue weighted by molar-refractivity contribution is 5.89. The predicted molar refractivity (Wildman–Crippen MR) is 69.6 cm³/mol. The summed E-state index contributed by atoms with van der Waals surface area (Å²) in [6.07, 6.45) is 2.79. The van der Waals surface area contributed by atoms with Gasteiger partial charge >= 0.3 is 0 Å². The molecule has 1 aromatic heterocycles. The Morgan fingerprint density at radius 2 is 2.40 bits per heavy atom. The second kappa shape index (κ2) is 4.53. The van der Waals surface area contributed by atoms with Crippen molar-refractivity contribution in [2.24, 2.45) is 17.1 Å². The first kappa shape index (κ1) is 13.5. The van der Waals surface area contributed by atoms with Crippen LogP contribution in [-0.2, 0) is 16.0 Å². The van der Waals surface area contributed by atoms with Crippen molar-refractivity contribution in [2.45, 2.75) is 38.3 Å². The van der Waals surface area contributed by atoms with Gasteiger partial charge in [-0.2, -0.15) is 4.98 Å². The van der Waals surface area contributed by atoms with Crippen molar-refractivity contribution < 1.29 is 14.1 Å². The maximum absolute atomic E-state index is 12.5. The number of fused-ring (bicyclic) bond motifs is 1. The molecule has 1 aliphatic carbocycles. The summed E-state index contributed by atoms with van der Waals surface area (Å²) in [6.45, 7) is 5.12. The molecule has 110 valence electrons. The van der Waals surface area contributed by atoms with Crippen LogP contribution in [0.25, 0.3) is 0 Å². The van der Waals surface area contributed by atoms with Gasteiger partial charge in [0.05, 0.1) is 6.10 Å². The topological polar surface area (TPSA) is 103 Å². The molecule has 1 saturated carbocycles. The molecular weight excluding hydrogens is 260 g/mol. The highest BCUT2D eigenvalue weighted by Gasteiger charge is 2.71. The number of nitrogens with one attached hydrogen (secondary N) is 1. The molecule has 1 aliphatic heterocycles. The van der Waals surface area contributed by atoms with Gasteiger partial charge in [0.25, 0.3) is 0 Å². The Balaban J connectivity index is 1.61. The quantitative estimate of drug-likeness (QED) is 0.796. The Hall–Kier alpha value is -1.47. The smallest absolute Gasteiger partial charge is 0.241 e. The predicted octanol–water partition coefficient (Wildman–Crippen LogP) is -0.129. The maximum atomic E-state index is 12.5. The van der Waals surface area contributed by atoms with Crippen LogP contribution in [-0.4, -0.2) is 40.8 Å². The number of ether oxygens (including phenoxy) is 1. The van der Waals surface area contributed by atoms with Crippen LogP contribution >= 0.6 is 0 Å². The average molecular weight is 280 g/mol. The van der Waals surface area contributed by atoms with Crippen LogP contribution in [0.1, 0.15) is 26.2 Å². The summed E-state index contributed by atoms with van der Waals surface area (Å²) in [7, 11) is 0. The second-order valence-corrected chi connectivity index (χ2v) is 6.12. The fourth-order valence-corrected chi connectivity index (χ4v) is 3.58. The first-order valence-electron chi connectivity index (χ1n) is 6.92. The zero-order valence-corrected chi connectivity index (χ0v) is 11.8. The van der Waals surface area contributed by atoms with Crippen molar-refractivity contribution in [3.8, 4) is 0 Å². The van der Waals surface area contributed by atoms with Crippen LogP contribution in [0.2, 0.25) is 0 Å². The molecule has 3 atom stereocenters. The number of carbonyl (C=O) groups is 1. The van der Waals surface area contributed by atoms with Gasteiger partial charge in [0.2, 0.25) is 11.8 Å². The highest BCUT2D eigenvalue weighted by Crippen LogP contribution is 2.58. The summed E-state index contributed by atoms with van der Waals surface area (Å²) in [5, 5.41) is 6.41. The number of rotatable bonds is 4. The third-order valence-corrected chi connectivity index (χ3v) is 4.86. The molecular formula is C13H20N4O3. The molecule has 1 aromatic rings. The summed E-state index contributed by atoms with van der Waals surface area (Å²) in [4.78, 5) is 16.4. The van der Waals surface area contributed by atoms with E-state index in [9.17, 15) is 4.79 Å². The molecule has 2 aliphatic rings. The third kappa shape index (κ3) is 1.69. The van der Waals surface area contributed by atoms with E-state index >= 15 is 0 Å². The lowest BCUT2D eigenvalue weighted by Crippen LogP contribution is -2.80. The van der Waals surface area contributed by atoms with E-state index in [2.05, 4.69) is 15.5 Å². The molecule has 7 heteroatoms. The average Bonchev–Trinajstić information content (AvgIpc) is 3.07. The lowest BCUT2D eigenvalue weighted by atomic mass is 9.48.